The number of Topliss-reactive ketones (excluding diaryl/α,β-unsaturated/α-hetero) is 1. The van der Waals surface area contributed by atoms with Crippen molar-refractivity contribution in [3.63, 3.8) is 0 Å². The number of carbonyl (C=O) groups excluding carboxylic acids is 2. The molecule has 0 spiro atoms. The highest BCUT2D eigenvalue weighted by Gasteiger charge is 2.08. The molecule has 0 saturated heterocycles. The van der Waals surface area contributed by atoms with Gasteiger partial charge in [0.25, 0.3) is 0 Å². The number of ketones is 1. The Labute approximate surface area is 120 Å². The third-order valence-corrected chi connectivity index (χ3v) is 2.74. The molecule has 0 saturated carbocycles. The molecular weight excluding hydrogens is 273 g/mol. The lowest BCUT2D eigenvalue weighted by Crippen LogP contribution is -2.11. The van der Waals surface area contributed by atoms with Crippen LogP contribution < -0.4 is 4.74 Å². The Bertz CT molecular complexity index is 717. The largest absolute Gasteiger partial charge is 0.485 e. The summed E-state index contributed by atoms with van der Waals surface area (Å²) in [5.74, 6) is -0.809. The number of ether oxygens (including phenoxy) is 1. The number of hydrogen-bond donors (Lipinski definition) is 0. The van der Waals surface area contributed by atoms with E-state index >= 15 is 0 Å². The average molecular weight is 283 g/mol. The van der Waals surface area contributed by atoms with Crippen molar-refractivity contribution in [2.24, 2.45) is 0 Å². The Hall–Kier alpha value is -3.00. The molecule has 0 bridgehead atoms. The van der Waals surface area contributed by atoms with Crippen LogP contribution in [0.3, 0.4) is 0 Å². The summed E-state index contributed by atoms with van der Waals surface area (Å²) < 4.78 is 18.4. The molecule has 0 aliphatic rings. The van der Waals surface area contributed by atoms with Crippen molar-refractivity contribution in [3.05, 3.63) is 65.0 Å². The first-order chi connectivity index (χ1) is 10.1. The van der Waals surface area contributed by atoms with Crippen molar-refractivity contribution < 1.29 is 18.7 Å². The third-order valence-electron chi connectivity index (χ3n) is 2.74. The molecule has 0 fully saturated rings. The van der Waals surface area contributed by atoms with Gasteiger partial charge >= 0.3 is 0 Å². The van der Waals surface area contributed by atoms with E-state index in [4.69, 9.17) is 10.00 Å². The molecule has 104 valence electrons. The second kappa shape index (κ2) is 6.44. The van der Waals surface area contributed by atoms with Gasteiger partial charge in [0, 0.05) is 17.2 Å². The molecule has 21 heavy (non-hydrogen) atoms. The zero-order valence-corrected chi connectivity index (χ0v) is 10.9. The first-order valence-electron chi connectivity index (χ1n) is 6.04. The van der Waals surface area contributed by atoms with Crippen molar-refractivity contribution in [2.75, 3.05) is 6.61 Å². The molecule has 2 rings (SSSR count). The summed E-state index contributed by atoms with van der Waals surface area (Å²) in [7, 11) is 0. The number of nitrogens with zero attached hydrogens (tertiary/aromatic N) is 1. The quantitative estimate of drug-likeness (QED) is 0.625. The number of halogens is 1. The van der Waals surface area contributed by atoms with Crippen LogP contribution in [0.25, 0.3) is 0 Å². The molecule has 0 aliphatic carbocycles. The standard InChI is InChI=1S/C16H10FNO3/c17-14-5-12(9-19)6-15(7-14)21-10-16(20)13-3-1-11(8-18)2-4-13/h1-7,9H,10H2. The van der Waals surface area contributed by atoms with Crippen LogP contribution in [0.1, 0.15) is 26.3 Å². The van der Waals surface area contributed by atoms with Gasteiger partial charge in [-0.05, 0) is 36.4 Å². The van der Waals surface area contributed by atoms with E-state index in [1.807, 2.05) is 6.07 Å². The average Bonchev–Trinajstić information content (AvgIpc) is 2.52. The van der Waals surface area contributed by atoms with Crippen LogP contribution in [0.4, 0.5) is 4.39 Å². The molecule has 0 aromatic heterocycles. The number of benzene rings is 2. The van der Waals surface area contributed by atoms with Crippen LogP contribution in [0.15, 0.2) is 42.5 Å². The van der Waals surface area contributed by atoms with Gasteiger partial charge in [-0.25, -0.2) is 4.39 Å². The molecule has 0 atom stereocenters. The monoisotopic (exact) mass is 283 g/mol. The SMILES string of the molecule is N#Cc1ccc(C(=O)COc2cc(F)cc(C=O)c2)cc1. The van der Waals surface area contributed by atoms with Crippen LogP contribution in [0, 0.1) is 17.1 Å². The van der Waals surface area contributed by atoms with Gasteiger partial charge in [0.1, 0.15) is 17.9 Å². The van der Waals surface area contributed by atoms with Crippen molar-refractivity contribution in [3.8, 4) is 11.8 Å². The summed E-state index contributed by atoms with van der Waals surface area (Å²) in [5, 5.41) is 8.67. The van der Waals surface area contributed by atoms with Gasteiger partial charge in [-0.1, -0.05) is 0 Å². The van der Waals surface area contributed by atoms with Gasteiger partial charge in [-0.2, -0.15) is 5.26 Å². The molecule has 4 nitrogen and oxygen atoms in total. The van der Waals surface area contributed by atoms with Gasteiger partial charge in [0.2, 0.25) is 0 Å². The Morgan fingerprint density at radius 2 is 1.95 bits per heavy atom. The number of carbonyl (C=O) groups is 2. The first kappa shape index (κ1) is 14.4. The third kappa shape index (κ3) is 3.74. The topological polar surface area (TPSA) is 67.2 Å². The molecule has 0 unspecified atom stereocenters. The van der Waals surface area contributed by atoms with E-state index in [2.05, 4.69) is 0 Å². The van der Waals surface area contributed by atoms with Crippen molar-refractivity contribution in [2.45, 2.75) is 0 Å². The molecule has 0 amide bonds. The highest BCUT2D eigenvalue weighted by Crippen LogP contribution is 2.16. The van der Waals surface area contributed by atoms with E-state index < -0.39 is 5.82 Å². The lowest BCUT2D eigenvalue weighted by molar-refractivity contribution is 0.0921. The van der Waals surface area contributed by atoms with Crippen molar-refractivity contribution in [1.82, 2.24) is 0 Å². The van der Waals surface area contributed by atoms with E-state index in [1.54, 1.807) is 0 Å². The van der Waals surface area contributed by atoms with Gasteiger partial charge in [0.15, 0.2) is 12.4 Å². The Morgan fingerprint density at radius 3 is 2.57 bits per heavy atom. The molecule has 0 aliphatic heterocycles. The minimum atomic E-state index is -0.611. The predicted molar refractivity (Wildman–Crippen MR) is 72.8 cm³/mol. The van der Waals surface area contributed by atoms with Gasteiger partial charge in [0.05, 0.1) is 11.6 Å². The van der Waals surface area contributed by atoms with E-state index in [-0.39, 0.29) is 23.7 Å². The van der Waals surface area contributed by atoms with E-state index in [9.17, 15) is 14.0 Å². The number of hydrogen-bond acceptors (Lipinski definition) is 4. The lowest BCUT2D eigenvalue weighted by atomic mass is 10.1. The lowest BCUT2D eigenvalue weighted by Gasteiger charge is -2.06. The highest BCUT2D eigenvalue weighted by molar-refractivity contribution is 5.97. The molecule has 5 heteroatoms. The van der Waals surface area contributed by atoms with Gasteiger partial charge in [-0.15, -0.1) is 0 Å². The van der Waals surface area contributed by atoms with E-state index in [0.29, 0.717) is 17.4 Å². The van der Waals surface area contributed by atoms with Crippen LogP contribution in [0.2, 0.25) is 0 Å². The maximum atomic E-state index is 13.2. The summed E-state index contributed by atoms with van der Waals surface area (Å²) in [6.07, 6.45) is 0.498. The molecule has 0 heterocycles. The molecule has 2 aromatic carbocycles. The second-order valence-corrected chi connectivity index (χ2v) is 4.24. The molecule has 0 radical (unpaired) electrons. The first-order valence-corrected chi connectivity index (χ1v) is 6.04. The fraction of sp³-hybridized carbons (Fsp3) is 0.0625. The zero-order valence-electron chi connectivity index (χ0n) is 10.9. The van der Waals surface area contributed by atoms with E-state index in [0.717, 1.165) is 12.1 Å². The van der Waals surface area contributed by atoms with Crippen LogP contribution in [-0.4, -0.2) is 18.7 Å². The highest BCUT2D eigenvalue weighted by atomic mass is 19.1. The summed E-state index contributed by atoms with van der Waals surface area (Å²) in [6.45, 7) is -0.284. The number of nitriles is 1. The predicted octanol–water partition coefficient (Wildman–Crippen LogP) is 2.77. The van der Waals surface area contributed by atoms with Gasteiger partial charge in [-0.3, -0.25) is 9.59 Å². The van der Waals surface area contributed by atoms with Gasteiger partial charge < -0.3 is 4.74 Å². The zero-order chi connectivity index (χ0) is 15.2. The Morgan fingerprint density at radius 1 is 1.24 bits per heavy atom. The van der Waals surface area contributed by atoms with Crippen molar-refractivity contribution in [1.29, 1.82) is 5.26 Å². The summed E-state index contributed by atoms with van der Waals surface area (Å²) >= 11 is 0. The van der Waals surface area contributed by atoms with Crippen LogP contribution in [0.5, 0.6) is 5.75 Å². The van der Waals surface area contributed by atoms with Crippen LogP contribution >= 0.6 is 0 Å². The summed E-state index contributed by atoms with van der Waals surface area (Å²) in [5.41, 5.74) is 0.977. The summed E-state index contributed by atoms with van der Waals surface area (Å²) in [6, 6.07) is 11.6. The molecule has 2 aromatic rings. The maximum absolute atomic E-state index is 13.2. The second-order valence-electron chi connectivity index (χ2n) is 4.24. The Balaban J connectivity index is 2.05. The number of rotatable bonds is 5. The minimum absolute atomic E-state index is 0.110. The fourth-order valence-corrected chi connectivity index (χ4v) is 1.70. The van der Waals surface area contributed by atoms with Crippen LogP contribution in [-0.2, 0) is 0 Å². The van der Waals surface area contributed by atoms with E-state index in [1.165, 1.54) is 30.3 Å². The minimum Gasteiger partial charge on any atom is -0.485 e. The smallest absolute Gasteiger partial charge is 0.200 e. The summed E-state index contributed by atoms with van der Waals surface area (Å²) in [4.78, 5) is 22.5. The normalized spacial score (nSPS) is 9.71. The fourth-order valence-electron chi connectivity index (χ4n) is 1.70. The Kier molecular flexibility index (Phi) is 4.42. The maximum Gasteiger partial charge on any atom is 0.200 e. The number of aldehydes is 1. The van der Waals surface area contributed by atoms with Crippen molar-refractivity contribution >= 4 is 12.1 Å². The molecule has 0 N–H and O–H groups in total. The molecular formula is C16H10FNO3.